The third kappa shape index (κ3) is 3.82. The van der Waals surface area contributed by atoms with Gasteiger partial charge in [-0.3, -0.25) is 25.6 Å². The van der Waals surface area contributed by atoms with E-state index in [0.29, 0.717) is 25.7 Å². The number of hydrogen-bond donors (Lipinski definition) is 4. The first kappa shape index (κ1) is 17.5. The number of thioether (sulfide) groups is 1. The van der Waals surface area contributed by atoms with E-state index >= 15 is 0 Å². The molecule has 4 unspecified atom stereocenters. The molecule has 0 aromatic rings. The van der Waals surface area contributed by atoms with E-state index in [1.807, 2.05) is 0 Å². The van der Waals surface area contributed by atoms with E-state index in [1.54, 1.807) is 0 Å². The van der Waals surface area contributed by atoms with E-state index < -0.39 is 17.9 Å². The minimum absolute atomic E-state index is 0.0649. The molecule has 3 aliphatic rings. The van der Waals surface area contributed by atoms with Gasteiger partial charge in [-0.2, -0.15) is 0 Å². The van der Waals surface area contributed by atoms with Gasteiger partial charge in [-0.15, -0.1) is 11.8 Å². The van der Waals surface area contributed by atoms with Crippen molar-refractivity contribution in [1.29, 1.82) is 0 Å². The number of ether oxygens (including phenoxy) is 1. The number of rotatable bonds is 3. The van der Waals surface area contributed by atoms with Gasteiger partial charge in [-0.25, -0.2) is 9.80 Å². The van der Waals surface area contributed by atoms with E-state index in [4.69, 9.17) is 0 Å². The molecule has 0 saturated carbocycles. The maximum Gasteiger partial charge on any atom is 0.413 e. The van der Waals surface area contributed by atoms with Crippen LogP contribution in [-0.2, 0) is 14.3 Å². The Morgan fingerprint density at radius 2 is 2.08 bits per heavy atom. The molecule has 0 bridgehead atoms. The van der Waals surface area contributed by atoms with Crippen molar-refractivity contribution in [3.05, 3.63) is 0 Å². The number of fused-ring (bicyclic) bond motifs is 1. The van der Waals surface area contributed by atoms with E-state index in [0.717, 1.165) is 18.7 Å². The molecule has 0 aliphatic carbocycles. The van der Waals surface area contributed by atoms with Crippen molar-refractivity contribution >= 4 is 29.7 Å². The lowest BCUT2D eigenvalue weighted by atomic mass is 10.0. The second kappa shape index (κ2) is 7.68. The predicted octanol–water partition coefficient (Wildman–Crippen LogP) is -1.18. The number of imide groups is 1. The molecule has 3 saturated heterocycles. The van der Waals surface area contributed by atoms with Crippen molar-refractivity contribution in [2.45, 2.75) is 24.4 Å². The summed E-state index contributed by atoms with van der Waals surface area (Å²) in [6.07, 6.45) is 1.18. The van der Waals surface area contributed by atoms with Gasteiger partial charge in [0.25, 0.3) is 0 Å². The molecule has 134 valence electrons. The lowest BCUT2D eigenvalue weighted by Gasteiger charge is -2.35. The van der Waals surface area contributed by atoms with Gasteiger partial charge in [0.2, 0.25) is 11.8 Å². The van der Waals surface area contributed by atoms with Crippen LogP contribution < -0.4 is 21.4 Å². The van der Waals surface area contributed by atoms with Gasteiger partial charge in [0.1, 0.15) is 0 Å². The summed E-state index contributed by atoms with van der Waals surface area (Å²) >= 11 is 1.53. The molecule has 9 nitrogen and oxygen atoms in total. The number of methoxy groups -OCH3 is 1. The molecular weight excluding hydrogens is 334 g/mol. The summed E-state index contributed by atoms with van der Waals surface area (Å²) < 4.78 is 4.45. The van der Waals surface area contributed by atoms with Crippen LogP contribution >= 0.6 is 11.8 Å². The summed E-state index contributed by atoms with van der Waals surface area (Å²) in [6, 6.07) is 0. The van der Waals surface area contributed by atoms with Crippen LogP contribution in [0.5, 0.6) is 0 Å². The smallest absolute Gasteiger partial charge is 0.413 e. The third-order valence-corrected chi connectivity index (χ3v) is 5.90. The molecular formula is C14H23N5O4S. The molecule has 10 heteroatoms. The van der Waals surface area contributed by atoms with Crippen LogP contribution in [0.4, 0.5) is 4.79 Å². The normalized spacial score (nSPS) is 32.9. The van der Waals surface area contributed by atoms with Crippen LogP contribution in [0.25, 0.3) is 0 Å². The highest BCUT2D eigenvalue weighted by Crippen LogP contribution is 2.31. The number of amides is 3. The van der Waals surface area contributed by atoms with Crippen molar-refractivity contribution < 1.29 is 19.1 Å². The van der Waals surface area contributed by atoms with Gasteiger partial charge in [-0.1, -0.05) is 0 Å². The van der Waals surface area contributed by atoms with E-state index in [9.17, 15) is 14.4 Å². The third-order valence-electron chi connectivity index (χ3n) is 4.62. The molecule has 24 heavy (non-hydrogen) atoms. The Bertz CT molecular complexity index is 519. The van der Waals surface area contributed by atoms with Crippen molar-refractivity contribution in [2.75, 3.05) is 32.5 Å². The molecule has 0 aromatic carbocycles. The topological polar surface area (TPSA) is 112 Å². The summed E-state index contributed by atoms with van der Waals surface area (Å²) in [4.78, 5) is 35.9. The van der Waals surface area contributed by atoms with Crippen LogP contribution in [0.15, 0.2) is 0 Å². The number of alkyl carbamates (subject to hydrolysis) is 1. The molecule has 3 aliphatic heterocycles. The van der Waals surface area contributed by atoms with E-state index in [2.05, 4.69) is 31.1 Å². The molecule has 3 fully saturated rings. The quantitative estimate of drug-likeness (QED) is 0.499. The van der Waals surface area contributed by atoms with Crippen LogP contribution in [0.3, 0.4) is 0 Å². The zero-order chi connectivity index (χ0) is 17.1. The summed E-state index contributed by atoms with van der Waals surface area (Å²) in [5, 5.41) is 10.3. The number of hydrogen-bond acceptors (Lipinski definition) is 8. The summed E-state index contributed by atoms with van der Waals surface area (Å²) in [6.45, 7) is 2.20. The number of nitrogens with one attached hydrogen (secondary N) is 4. The Hall–Kier alpha value is -1.36. The fourth-order valence-corrected chi connectivity index (χ4v) is 4.61. The molecule has 3 amide bonds. The summed E-state index contributed by atoms with van der Waals surface area (Å²) in [5.74, 6) is -0.294. The van der Waals surface area contributed by atoms with Crippen LogP contribution in [-0.4, -0.2) is 67.0 Å². The Morgan fingerprint density at radius 1 is 1.25 bits per heavy atom. The average molecular weight is 357 g/mol. The van der Waals surface area contributed by atoms with Gasteiger partial charge < -0.3 is 10.1 Å². The van der Waals surface area contributed by atoms with Gasteiger partial charge in [0.05, 0.1) is 30.5 Å². The second-order valence-corrected chi connectivity index (χ2v) is 7.40. The highest BCUT2D eigenvalue weighted by Gasteiger charge is 2.39. The average Bonchev–Trinajstić information content (AvgIpc) is 3.22. The summed E-state index contributed by atoms with van der Waals surface area (Å²) in [7, 11) is 1.21. The van der Waals surface area contributed by atoms with Crippen molar-refractivity contribution in [3.63, 3.8) is 0 Å². The summed E-state index contributed by atoms with van der Waals surface area (Å²) in [5.41, 5.74) is 3.26. The molecule has 3 rings (SSSR count). The lowest BCUT2D eigenvalue weighted by molar-refractivity contribution is -0.128. The van der Waals surface area contributed by atoms with Crippen molar-refractivity contribution in [3.8, 4) is 0 Å². The highest BCUT2D eigenvalue weighted by molar-refractivity contribution is 8.00. The fourth-order valence-electron chi connectivity index (χ4n) is 3.27. The SMILES string of the molecule is COC(=O)NC(=O)C1CCSC1NC(=O)C1CNC2CCNN2C1. The van der Waals surface area contributed by atoms with Crippen molar-refractivity contribution in [2.24, 2.45) is 11.8 Å². The number of nitrogens with zero attached hydrogens (tertiary/aromatic N) is 1. The Kier molecular flexibility index (Phi) is 5.59. The van der Waals surface area contributed by atoms with Gasteiger partial charge in [-0.05, 0) is 18.6 Å². The Balaban J connectivity index is 1.53. The largest absolute Gasteiger partial charge is 0.453 e. The van der Waals surface area contributed by atoms with Gasteiger partial charge >= 0.3 is 6.09 Å². The van der Waals surface area contributed by atoms with Crippen molar-refractivity contribution in [1.82, 2.24) is 26.4 Å². The first-order valence-corrected chi connectivity index (χ1v) is 9.17. The first-order chi connectivity index (χ1) is 11.6. The minimum Gasteiger partial charge on any atom is -0.453 e. The molecule has 4 N–H and O–H groups in total. The van der Waals surface area contributed by atoms with E-state index in [1.165, 1.54) is 18.9 Å². The highest BCUT2D eigenvalue weighted by atomic mass is 32.2. The fraction of sp³-hybridized carbons (Fsp3) is 0.786. The van der Waals surface area contributed by atoms with Crippen LogP contribution in [0.2, 0.25) is 0 Å². The first-order valence-electron chi connectivity index (χ1n) is 8.13. The monoisotopic (exact) mass is 357 g/mol. The number of hydrazine groups is 1. The van der Waals surface area contributed by atoms with Crippen LogP contribution in [0.1, 0.15) is 12.8 Å². The minimum atomic E-state index is -0.774. The Morgan fingerprint density at radius 3 is 2.88 bits per heavy atom. The maximum absolute atomic E-state index is 12.5. The van der Waals surface area contributed by atoms with Gasteiger partial charge in [0.15, 0.2) is 0 Å². The zero-order valence-electron chi connectivity index (χ0n) is 13.5. The van der Waals surface area contributed by atoms with E-state index in [-0.39, 0.29) is 17.2 Å². The molecule has 0 aromatic heterocycles. The standard InChI is InChI=1S/C14H23N5O4S/c1-23-14(22)18-12(21)9-3-5-24-13(9)17-11(20)8-6-15-10-2-4-16-19(10)7-8/h8-10,13,15-16H,2-7H2,1H3,(H,17,20)(H,18,21,22). The molecule has 0 spiro atoms. The Labute approximate surface area is 144 Å². The lowest BCUT2D eigenvalue weighted by Crippen LogP contribution is -2.59. The maximum atomic E-state index is 12.5. The molecule has 3 heterocycles. The predicted molar refractivity (Wildman–Crippen MR) is 87.6 cm³/mol. The number of carbonyl (C=O) groups excluding carboxylic acids is 3. The molecule has 4 atom stereocenters. The molecule has 0 radical (unpaired) electrons. The zero-order valence-corrected chi connectivity index (χ0v) is 14.4. The number of carbonyl (C=O) groups is 3. The van der Waals surface area contributed by atoms with Crippen LogP contribution in [0, 0.1) is 11.8 Å². The second-order valence-electron chi connectivity index (χ2n) is 6.15. The van der Waals surface area contributed by atoms with Gasteiger partial charge in [0, 0.05) is 19.6 Å².